The molecule has 10 nitrogen and oxygen atoms in total. The Morgan fingerprint density at radius 1 is 1.03 bits per heavy atom. The number of aromatic hydroxyl groups is 1. The van der Waals surface area contributed by atoms with Gasteiger partial charge in [-0.15, -0.1) is 0 Å². The van der Waals surface area contributed by atoms with Crippen LogP contribution in [0.15, 0.2) is 12.1 Å². The highest BCUT2D eigenvalue weighted by Gasteiger charge is 2.32. The van der Waals surface area contributed by atoms with E-state index in [1.165, 1.54) is 24.9 Å². The molecule has 208 valence electrons. The van der Waals surface area contributed by atoms with Gasteiger partial charge < -0.3 is 31.5 Å². The Morgan fingerprint density at radius 3 is 2.19 bits per heavy atom. The molecule has 0 radical (unpaired) electrons. The van der Waals surface area contributed by atoms with Crippen LogP contribution in [-0.4, -0.2) is 77.8 Å². The van der Waals surface area contributed by atoms with E-state index >= 15 is 0 Å². The minimum Gasteiger partial charge on any atom is -0.508 e. The van der Waals surface area contributed by atoms with Crippen LogP contribution in [0.3, 0.4) is 0 Å². The summed E-state index contributed by atoms with van der Waals surface area (Å²) in [5, 5.41) is 18.1. The Morgan fingerprint density at radius 2 is 1.65 bits per heavy atom. The van der Waals surface area contributed by atoms with E-state index in [9.17, 15) is 24.3 Å². The lowest BCUT2D eigenvalue weighted by molar-refractivity contribution is -0.145. The van der Waals surface area contributed by atoms with Gasteiger partial charge in [0.15, 0.2) is 0 Å². The number of nitrogens with one attached hydrogen (secondary N) is 3. The van der Waals surface area contributed by atoms with E-state index in [-0.39, 0.29) is 23.8 Å². The summed E-state index contributed by atoms with van der Waals surface area (Å²) in [7, 11) is 1.25. The lowest BCUT2D eigenvalue weighted by atomic mass is 9.95. The highest BCUT2D eigenvalue weighted by Crippen LogP contribution is 2.24. The van der Waals surface area contributed by atoms with Crippen molar-refractivity contribution in [3.63, 3.8) is 0 Å². The minimum absolute atomic E-state index is 0.0828. The molecule has 1 aromatic carbocycles. The van der Waals surface area contributed by atoms with Crippen LogP contribution in [0.5, 0.6) is 5.75 Å². The molecule has 0 aromatic heterocycles. The molecule has 4 atom stereocenters. The highest BCUT2D eigenvalue weighted by molar-refractivity contribution is 7.98. The van der Waals surface area contributed by atoms with Gasteiger partial charge in [0.05, 0.1) is 13.2 Å². The molecule has 37 heavy (non-hydrogen) atoms. The molecule has 0 saturated heterocycles. The molecule has 0 saturated carbocycles. The molecular weight excluding hydrogens is 516 g/mol. The molecule has 0 heterocycles. The number of phenols is 1. The van der Waals surface area contributed by atoms with Crippen molar-refractivity contribution in [3.05, 3.63) is 28.8 Å². The second-order valence-electron chi connectivity index (χ2n) is 9.14. The maximum Gasteiger partial charge on any atom is 0.328 e. The lowest BCUT2D eigenvalue weighted by Gasteiger charge is -2.27. The topological polar surface area (TPSA) is 160 Å². The summed E-state index contributed by atoms with van der Waals surface area (Å²) < 4.78 is 4.81. The maximum atomic E-state index is 13.4. The van der Waals surface area contributed by atoms with Gasteiger partial charge in [-0.05, 0) is 61.0 Å². The van der Waals surface area contributed by atoms with Gasteiger partial charge in [-0.2, -0.15) is 24.4 Å². The van der Waals surface area contributed by atoms with Crippen LogP contribution in [0.2, 0.25) is 0 Å². The Kier molecular flexibility index (Phi) is 13.9. The molecule has 1 aromatic rings. The van der Waals surface area contributed by atoms with Crippen molar-refractivity contribution >= 4 is 48.1 Å². The number of benzene rings is 1. The molecule has 0 fully saturated rings. The van der Waals surface area contributed by atoms with E-state index in [1.54, 1.807) is 26.8 Å². The Hall–Kier alpha value is -2.44. The Bertz CT molecular complexity index is 959. The SMILES string of the molecule is COC(=O)[C@H](CCSC)NC(=O)[C@@H](NC(=O)[C@H](Cc1ccc(O)c(C)c1C)NC(=O)[C@@H](N)CS)C(C)C. The van der Waals surface area contributed by atoms with Crippen LogP contribution < -0.4 is 21.7 Å². The second-order valence-corrected chi connectivity index (χ2v) is 10.5. The Balaban J connectivity index is 3.20. The molecule has 12 heteroatoms. The number of ether oxygens (including phenoxy) is 1. The summed E-state index contributed by atoms with van der Waals surface area (Å²) in [6.45, 7) is 7.09. The van der Waals surface area contributed by atoms with Gasteiger partial charge in [-0.3, -0.25) is 14.4 Å². The van der Waals surface area contributed by atoms with Gasteiger partial charge in [-0.25, -0.2) is 4.79 Å². The fourth-order valence-corrected chi connectivity index (χ4v) is 4.19. The van der Waals surface area contributed by atoms with Crippen molar-refractivity contribution in [2.24, 2.45) is 11.7 Å². The quantitative estimate of drug-likeness (QED) is 0.145. The third-order valence-electron chi connectivity index (χ3n) is 6.12. The number of thiol groups is 1. The first-order valence-corrected chi connectivity index (χ1v) is 14.0. The molecule has 0 aliphatic heterocycles. The van der Waals surface area contributed by atoms with E-state index in [0.717, 1.165) is 11.1 Å². The van der Waals surface area contributed by atoms with Crippen LogP contribution in [0.1, 0.15) is 37.0 Å². The molecule has 0 bridgehead atoms. The highest BCUT2D eigenvalue weighted by atomic mass is 32.2. The monoisotopic (exact) mass is 556 g/mol. The predicted molar refractivity (Wildman–Crippen MR) is 149 cm³/mol. The minimum atomic E-state index is -1.05. The van der Waals surface area contributed by atoms with Crippen LogP contribution >= 0.6 is 24.4 Å². The van der Waals surface area contributed by atoms with Crippen molar-refractivity contribution in [1.82, 2.24) is 16.0 Å². The average molecular weight is 557 g/mol. The summed E-state index contributed by atoms with van der Waals surface area (Å²) in [6, 6.07) is -0.600. The fourth-order valence-electron chi connectivity index (χ4n) is 3.55. The van der Waals surface area contributed by atoms with E-state index in [2.05, 4.69) is 28.6 Å². The standard InChI is InChI=1S/C25H40N4O6S2/c1-13(2)21(24(33)27-18(9-10-37-6)25(34)35-5)29-23(32)19(28-22(31)17(26)12-36)11-16-7-8-20(30)15(4)14(16)3/h7-8,13,17-19,21,30,36H,9-12,26H2,1-6H3,(H,27,33)(H,28,31)(H,29,32)/t17-,18-,19-,21-/m0/s1. The van der Waals surface area contributed by atoms with Crippen LogP contribution in [0, 0.1) is 19.8 Å². The number of esters is 1. The van der Waals surface area contributed by atoms with Gasteiger partial charge in [0.2, 0.25) is 17.7 Å². The third-order valence-corrected chi connectivity index (χ3v) is 7.16. The number of phenolic OH excluding ortho intramolecular Hbond substituents is 1. The van der Waals surface area contributed by atoms with Gasteiger partial charge in [0, 0.05) is 12.2 Å². The number of hydrogen-bond acceptors (Lipinski definition) is 9. The van der Waals surface area contributed by atoms with Crippen molar-refractivity contribution in [2.45, 2.75) is 64.7 Å². The largest absolute Gasteiger partial charge is 0.508 e. The first-order valence-electron chi connectivity index (χ1n) is 12.0. The molecule has 1 rings (SSSR count). The molecule has 0 aliphatic rings. The second kappa shape index (κ2) is 15.7. The summed E-state index contributed by atoms with van der Waals surface area (Å²) in [5.41, 5.74) is 7.98. The van der Waals surface area contributed by atoms with Crippen molar-refractivity contribution in [2.75, 3.05) is 24.9 Å². The number of nitrogens with two attached hydrogens (primary N) is 1. The number of carbonyl (C=O) groups is 4. The molecule has 0 aliphatic carbocycles. The van der Waals surface area contributed by atoms with Crippen molar-refractivity contribution in [3.8, 4) is 5.75 Å². The van der Waals surface area contributed by atoms with Crippen molar-refractivity contribution in [1.29, 1.82) is 0 Å². The number of methoxy groups -OCH3 is 1. The summed E-state index contributed by atoms with van der Waals surface area (Å²) in [6.07, 6.45) is 2.37. The summed E-state index contributed by atoms with van der Waals surface area (Å²) in [4.78, 5) is 51.3. The smallest absolute Gasteiger partial charge is 0.328 e. The summed E-state index contributed by atoms with van der Waals surface area (Å²) in [5.74, 6) is -1.73. The van der Waals surface area contributed by atoms with E-state index in [1.807, 2.05) is 13.2 Å². The average Bonchev–Trinajstić information content (AvgIpc) is 2.87. The van der Waals surface area contributed by atoms with Crippen LogP contribution in [0.4, 0.5) is 0 Å². The number of amides is 3. The van der Waals surface area contributed by atoms with Gasteiger partial charge in [0.1, 0.15) is 23.9 Å². The van der Waals surface area contributed by atoms with Crippen molar-refractivity contribution < 1.29 is 29.0 Å². The summed E-state index contributed by atoms with van der Waals surface area (Å²) >= 11 is 5.58. The molecule has 0 unspecified atom stereocenters. The molecule has 3 amide bonds. The number of thioether (sulfide) groups is 1. The van der Waals surface area contributed by atoms with Gasteiger partial charge >= 0.3 is 5.97 Å². The predicted octanol–water partition coefficient (Wildman–Crippen LogP) is 0.845. The maximum absolute atomic E-state index is 13.4. The van der Waals surface area contributed by atoms with E-state index in [4.69, 9.17) is 10.5 Å². The van der Waals surface area contributed by atoms with Gasteiger partial charge in [-0.1, -0.05) is 19.9 Å². The third kappa shape index (κ3) is 9.75. The first kappa shape index (κ1) is 32.6. The normalized spacial score (nSPS) is 14.3. The first-order chi connectivity index (χ1) is 17.4. The fraction of sp³-hybridized carbons (Fsp3) is 0.600. The lowest BCUT2D eigenvalue weighted by Crippen LogP contribution is -2.59. The van der Waals surface area contributed by atoms with Gasteiger partial charge in [0.25, 0.3) is 0 Å². The Labute approximate surface area is 228 Å². The zero-order valence-electron chi connectivity index (χ0n) is 22.3. The van der Waals surface area contributed by atoms with E-state index in [0.29, 0.717) is 17.7 Å². The molecular formula is C25H40N4O6S2. The zero-order chi connectivity index (χ0) is 28.3. The molecule has 0 spiro atoms. The molecule has 6 N–H and O–H groups in total. The van der Waals surface area contributed by atoms with E-state index < -0.39 is 47.9 Å². The van der Waals surface area contributed by atoms with Crippen LogP contribution in [0.25, 0.3) is 0 Å². The van der Waals surface area contributed by atoms with Crippen LogP contribution in [-0.2, 0) is 30.3 Å². The number of carbonyl (C=O) groups excluding carboxylic acids is 4. The number of hydrogen-bond donors (Lipinski definition) is 6. The zero-order valence-corrected chi connectivity index (χ0v) is 24.0. The number of rotatable bonds is 14.